The van der Waals surface area contributed by atoms with Crippen LogP contribution in [0.5, 0.6) is 0 Å². The molecule has 0 radical (unpaired) electrons. The molecule has 3 rings (SSSR count). The van der Waals surface area contributed by atoms with Crippen molar-refractivity contribution in [1.82, 2.24) is 5.32 Å². The number of allylic oxidation sites excluding steroid dienone is 2. The van der Waals surface area contributed by atoms with Crippen LogP contribution in [0.2, 0.25) is 0 Å². The zero-order valence-electron chi connectivity index (χ0n) is 11.3. The van der Waals surface area contributed by atoms with Crippen LogP contribution in [0.4, 0.5) is 11.4 Å². The highest BCUT2D eigenvalue weighted by Gasteiger charge is 2.12. The van der Waals surface area contributed by atoms with Crippen molar-refractivity contribution in [3.8, 4) is 0 Å². The lowest BCUT2D eigenvalue weighted by Gasteiger charge is -2.18. The van der Waals surface area contributed by atoms with Gasteiger partial charge in [0.05, 0.1) is 6.04 Å². The summed E-state index contributed by atoms with van der Waals surface area (Å²) in [4.78, 5) is 0. The van der Waals surface area contributed by atoms with Gasteiger partial charge in [-0.25, -0.2) is 0 Å². The monoisotopic (exact) mass is 262 g/mol. The minimum Gasteiger partial charge on any atom is -0.355 e. The smallest absolute Gasteiger partial charge is 0.0532 e. The minimum absolute atomic E-state index is 0.234. The van der Waals surface area contributed by atoms with Crippen molar-refractivity contribution in [2.45, 2.75) is 6.04 Å². The molecule has 1 aliphatic heterocycles. The molecule has 2 nitrogen and oxygen atoms in total. The molecule has 100 valence electrons. The van der Waals surface area contributed by atoms with Crippen LogP contribution < -0.4 is 10.6 Å². The first-order chi connectivity index (χ1) is 9.93. The summed E-state index contributed by atoms with van der Waals surface area (Å²) >= 11 is 0. The molecule has 0 aromatic heterocycles. The Morgan fingerprint density at radius 2 is 1.70 bits per heavy atom. The maximum Gasteiger partial charge on any atom is 0.0532 e. The van der Waals surface area contributed by atoms with E-state index in [1.165, 1.54) is 5.56 Å². The van der Waals surface area contributed by atoms with Crippen LogP contribution in [0.3, 0.4) is 0 Å². The zero-order valence-corrected chi connectivity index (χ0v) is 11.3. The van der Waals surface area contributed by atoms with Crippen molar-refractivity contribution >= 4 is 11.4 Å². The quantitative estimate of drug-likeness (QED) is 0.866. The van der Waals surface area contributed by atoms with Crippen molar-refractivity contribution in [2.75, 3.05) is 11.9 Å². The van der Waals surface area contributed by atoms with Gasteiger partial charge < -0.3 is 10.6 Å². The maximum absolute atomic E-state index is 3.51. The Balaban J connectivity index is 1.88. The van der Waals surface area contributed by atoms with Gasteiger partial charge in [-0.2, -0.15) is 0 Å². The predicted octanol–water partition coefficient (Wildman–Crippen LogP) is 4.19. The van der Waals surface area contributed by atoms with Gasteiger partial charge >= 0.3 is 0 Å². The standard InChI is InChI=1S/C18H18N2/c1-3-9-15(10-4-1)20-18-13-7-6-11-16(18)17-12-5-2-8-14-19-17/h1-13,17,19-20H,14H2. The summed E-state index contributed by atoms with van der Waals surface area (Å²) in [7, 11) is 0. The lowest BCUT2D eigenvalue weighted by Crippen LogP contribution is -2.19. The predicted molar refractivity (Wildman–Crippen MR) is 85.2 cm³/mol. The molecule has 0 spiro atoms. The van der Waals surface area contributed by atoms with E-state index in [2.05, 4.69) is 71.3 Å². The normalized spacial score (nSPS) is 17.7. The number of nitrogens with one attached hydrogen (secondary N) is 2. The summed E-state index contributed by atoms with van der Waals surface area (Å²) in [5.41, 5.74) is 3.51. The van der Waals surface area contributed by atoms with Crippen LogP contribution in [0.15, 0.2) is 78.9 Å². The molecule has 2 heteroatoms. The molecule has 0 bridgehead atoms. The number of anilines is 2. The topological polar surface area (TPSA) is 24.1 Å². The Morgan fingerprint density at radius 3 is 2.60 bits per heavy atom. The van der Waals surface area contributed by atoms with Crippen molar-refractivity contribution in [1.29, 1.82) is 0 Å². The minimum atomic E-state index is 0.234. The van der Waals surface area contributed by atoms with Crippen molar-refractivity contribution < 1.29 is 0 Å². The van der Waals surface area contributed by atoms with Crippen LogP contribution in [0, 0.1) is 0 Å². The largest absolute Gasteiger partial charge is 0.355 e. The summed E-state index contributed by atoms with van der Waals surface area (Å²) in [6.07, 6.45) is 8.50. The van der Waals surface area contributed by atoms with Crippen LogP contribution in [0.25, 0.3) is 0 Å². The third-order valence-corrected chi connectivity index (χ3v) is 3.36. The number of hydrogen-bond acceptors (Lipinski definition) is 2. The van der Waals surface area contributed by atoms with Crippen molar-refractivity contribution in [3.05, 3.63) is 84.5 Å². The summed E-state index contributed by atoms with van der Waals surface area (Å²) in [6.45, 7) is 0.886. The maximum atomic E-state index is 3.51. The van der Waals surface area contributed by atoms with Crippen LogP contribution >= 0.6 is 0 Å². The van der Waals surface area contributed by atoms with Gasteiger partial charge in [-0.05, 0) is 23.8 Å². The third-order valence-electron chi connectivity index (χ3n) is 3.36. The summed E-state index contributed by atoms with van der Waals surface area (Å²) in [5.74, 6) is 0. The van der Waals surface area contributed by atoms with Crippen LogP contribution in [-0.2, 0) is 0 Å². The lowest BCUT2D eigenvalue weighted by molar-refractivity contribution is 0.678. The highest BCUT2D eigenvalue weighted by Crippen LogP contribution is 2.27. The number of rotatable bonds is 3. The number of hydrogen-bond donors (Lipinski definition) is 2. The van der Waals surface area contributed by atoms with Crippen LogP contribution in [0.1, 0.15) is 11.6 Å². The highest BCUT2D eigenvalue weighted by atomic mass is 14.9. The zero-order chi connectivity index (χ0) is 13.6. The SMILES string of the molecule is C1=CCNC(c2ccccc2Nc2ccccc2)C=C1. The molecule has 1 heterocycles. The molecule has 1 unspecified atom stereocenters. The average Bonchev–Trinajstić information content (AvgIpc) is 2.78. The molecule has 1 atom stereocenters. The van der Waals surface area contributed by atoms with Gasteiger partial charge in [0.25, 0.3) is 0 Å². The second kappa shape index (κ2) is 6.22. The molecule has 0 aliphatic carbocycles. The summed E-state index contributed by atoms with van der Waals surface area (Å²) in [5, 5.41) is 7.01. The first-order valence-corrected chi connectivity index (χ1v) is 6.91. The van der Waals surface area contributed by atoms with E-state index in [0.29, 0.717) is 0 Å². The van der Waals surface area contributed by atoms with Gasteiger partial charge in [-0.1, -0.05) is 60.7 Å². The third kappa shape index (κ3) is 2.98. The lowest BCUT2D eigenvalue weighted by atomic mass is 10.0. The Hall–Kier alpha value is -2.32. The molecule has 2 N–H and O–H groups in total. The summed E-state index contributed by atoms with van der Waals surface area (Å²) < 4.78 is 0. The number of benzene rings is 2. The molecule has 0 saturated heterocycles. The first-order valence-electron chi connectivity index (χ1n) is 6.91. The molecular formula is C18H18N2. The molecule has 0 fully saturated rings. The molecular weight excluding hydrogens is 244 g/mol. The summed E-state index contributed by atoms with van der Waals surface area (Å²) in [6, 6.07) is 18.9. The Kier molecular flexibility index (Phi) is 3.95. The van der Waals surface area contributed by atoms with Crippen molar-refractivity contribution in [3.63, 3.8) is 0 Å². The van der Waals surface area contributed by atoms with E-state index < -0.39 is 0 Å². The van der Waals surface area contributed by atoms with E-state index in [1.807, 2.05) is 18.2 Å². The molecule has 0 saturated carbocycles. The highest BCUT2D eigenvalue weighted by molar-refractivity contribution is 5.64. The first kappa shape index (κ1) is 12.7. The fraction of sp³-hybridized carbons (Fsp3) is 0.111. The molecule has 20 heavy (non-hydrogen) atoms. The van der Waals surface area contributed by atoms with Gasteiger partial charge in [-0.15, -0.1) is 0 Å². The van der Waals surface area contributed by atoms with E-state index >= 15 is 0 Å². The molecule has 2 aromatic carbocycles. The number of para-hydroxylation sites is 2. The van der Waals surface area contributed by atoms with E-state index in [9.17, 15) is 0 Å². The van der Waals surface area contributed by atoms with E-state index in [1.54, 1.807) is 0 Å². The fourth-order valence-corrected chi connectivity index (χ4v) is 2.36. The Bertz CT molecular complexity index is 614. The molecule has 2 aromatic rings. The van der Waals surface area contributed by atoms with Crippen molar-refractivity contribution in [2.24, 2.45) is 0 Å². The van der Waals surface area contributed by atoms with E-state index in [-0.39, 0.29) is 6.04 Å². The van der Waals surface area contributed by atoms with E-state index in [4.69, 9.17) is 0 Å². The Labute approximate surface area is 119 Å². The van der Waals surface area contributed by atoms with Gasteiger partial charge in [0, 0.05) is 17.9 Å². The average molecular weight is 262 g/mol. The molecule has 0 amide bonds. The van der Waals surface area contributed by atoms with Gasteiger partial charge in [0.2, 0.25) is 0 Å². The Morgan fingerprint density at radius 1 is 0.900 bits per heavy atom. The fourth-order valence-electron chi connectivity index (χ4n) is 2.36. The van der Waals surface area contributed by atoms with Crippen LogP contribution in [-0.4, -0.2) is 6.54 Å². The van der Waals surface area contributed by atoms with E-state index in [0.717, 1.165) is 17.9 Å². The van der Waals surface area contributed by atoms with Gasteiger partial charge in [-0.3, -0.25) is 0 Å². The molecule has 1 aliphatic rings. The van der Waals surface area contributed by atoms with Gasteiger partial charge in [0.1, 0.15) is 0 Å². The van der Waals surface area contributed by atoms with Gasteiger partial charge in [0.15, 0.2) is 0 Å². The second-order valence-electron chi connectivity index (χ2n) is 4.78. The second-order valence-corrected chi connectivity index (χ2v) is 4.78.